The van der Waals surface area contributed by atoms with Gasteiger partial charge in [0.05, 0.1) is 30.4 Å². The monoisotopic (exact) mass is 376 g/mol. The van der Waals surface area contributed by atoms with Gasteiger partial charge >= 0.3 is 0 Å². The molecule has 3 fully saturated rings. The minimum absolute atomic E-state index is 0.125. The molecule has 148 valence electrons. The van der Waals surface area contributed by atoms with Crippen LogP contribution in [-0.2, 0) is 9.53 Å². The summed E-state index contributed by atoms with van der Waals surface area (Å²) in [6.45, 7) is 6.47. The molecule has 1 aromatic heterocycles. The van der Waals surface area contributed by atoms with Crippen LogP contribution in [0.15, 0.2) is 0 Å². The van der Waals surface area contributed by atoms with Crippen LogP contribution >= 0.6 is 0 Å². The number of piperidine rings is 2. The Balaban J connectivity index is 1.66. The molecule has 1 N–H and O–H groups in total. The number of likely N-dealkylation sites (N-methyl/N-ethyl adjacent to an activating group) is 1. The van der Waals surface area contributed by atoms with E-state index in [2.05, 4.69) is 27.4 Å². The number of hydrogen-bond donors (Lipinski definition) is 1. The third-order valence-electron chi connectivity index (χ3n) is 6.37. The molecule has 1 aromatic rings. The number of carbonyl (C=O) groups is 2. The number of aryl methyl sites for hydroxylation is 1. The number of aromatic nitrogens is 3. The van der Waals surface area contributed by atoms with Crippen molar-refractivity contribution in [3.8, 4) is 0 Å². The van der Waals surface area contributed by atoms with Gasteiger partial charge in [0.15, 0.2) is 5.69 Å². The molecule has 9 heteroatoms. The molecule has 0 saturated carbocycles. The lowest BCUT2D eigenvalue weighted by atomic mass is 9.67. The van der Waals surface area contributed by atoms with Gasteiger partial charge in [0.25, 0.3) is 5.91 Å². The summed E-state index contributed by atoms with van der Waals surface area (Å²) in [4.78, 5) is 32.9. The molecule has 0 aromatic carbocycles. The summed E-state index contributed by atoms with van der Waals surface area (Å²) in [5, 5.41) is 10.6. The Morgan fingerprint density at radius 1 is 1.15 bits per heavy atom. The molecule has 9 nitrogen and oxygen atoms in total. The lowest BCUT2D eigenvalue weighted by molar-refractivity contribution is -0.157. The summed E-state index contributed by atoms with van der Waals surface area (Å²) >= 11 is 0. The first-order valence-electron chi connectivity index (χ1n) is 9.77. The molecule has 27 heavy (non-hydrogen) atoms. The number of nitrogens with zero attached hydrogens (tertiary/aromatic N) is 5. The Labute approximate surface area is 159 Å². The molecular formula is C18H28N6O3. The van der Waals surface area contributed by atoms with E-state index in [9.17, 15) is 9.59 Å². The first kappa shape index (κ1) is 18.4. The van der Waals surface area contributed by atoms with Crippen LogP contribution in [0.5, 0.6) is 0 Å². The predicted octanol–water partition coefficient (Wildman–Crippen LogP) is -0.102. The van der Waals surface area contributed by atoms with Crippen molar-refractivity contribution in [3.63, 3.8) is 0 Å². The molecule has 4 rings (SSSR count). The number of ether oxygens (including phenoxy) is 1. The van der Waals surface area contributed by atoms with E-state index in [1.807, 2.05) is 9.80 Å². The average molecular weight is 376 g/mol. The number of H-pyrrole nitrogens is 1. The summed E-state index contributed by atoms with van der Waals surface area (Å²) < 4.78 is 5.42. The molecule has 4 heterocycles. The number of carbonyl (C=O) groups excluding carboxylic acids is 2. The van der Waals surface area contributed by atoms with E-state index in [0.29, 0.717) is 50.8 Å². The molecule has 0 radical (unpaired) electrons. The molecule has 0 unspecified atom stereocenters. The molecule has 2 amide bonds. The van der Waals surface area contributed by atoms with Crippen LogP contribution in [0.1, 0.15) is 35.4 Å². The van der Waals surface area contributed by atoms with Crippen LogP contribution in [0.25, 0.3) is 0 Å². The molecule has 0 aliphatic carbocycles. The van der Waals surface area contributed by atoms with Crippen molar-refractivity contribution in [2.75, 3.05) is 53.0 Å². The van der Waals surface area contributed by atoms with Gasteiger partial charge in [-0.15, -0.1) is 0 Å². The highest BCUT2D eigenvalue weighted by Crippen LogP contribution is 2.44. The number of hydrogen-bond acceptors (Lipinski definition) is 6. The van der Waals surface area contributed by atoms with Crippen molar-refractivity contribution in [1.82, 2.24) is 30.1 Å². The highest BCUT2D eigenvalue weighted by Gasteiger charge is 2.55. The van der Waals surface area contributed by atoms with Crippen molar-refractivity contribution >= 4 is 11.8 Å². The van der Waals surface area contributed by atoms with E-state index in [-0.39, 0.29) is 17.9 Å². The number of likely N-dealkylation sites (tertiary alicyclic amines) is 2. The molecule has 3 aliphatic heterocycles. The van der Waals surface area contributed by atoms with Gasteiger partial charge in [-0.25, -0.2) is 0 Å². The molecule has 0 spiro atoms. The van der Waals surface area contributed by atoms with Crippen LogP contribution < -0.4 is 0 Å². The minimum atomic E-state index is -0.505. The van der Waals surface area contributed by atoms with E-state index in [4.69, 9.17) is 4.74 Å². The molecule has 3 saturated heterocycles. The summed E-state index contributed by atoms with van der Waals surface area (Å²) in [7, 11) is 2.06. The molecule has 2 atom stereocenters. The van der Waals surface area contributed by atoms with Gasteiger partial charge in [0.1, 0.15) is 0 Å². The van der Waals surface area contributed by atoms with Crippen molar-refractivity contribution in [2.24, 2.45) is 5.41 Å². The van der Waals surface area contributed by atoms with Gasteiger partial charge in [-0.2, -0.15) is 15.4 Å². The van der Waals surface area contributed by atoms with Crippen LogP contribution in [-0.4, -0.2) is 101 Å². The summed E-state index contributed by atoms with van der Waals surface area (Å²) in [6, 6.07) is -0.135. The van der Waals surface area contributed by atoms with Crippen LogP contribution in [0.4, 0.5) is 0 Å². The second kappa shape index (κ2) is 7.20. The predicted molar refractivity (Wildman–Crippen MR) is 97.1 cm³/mol. The normalized spacial score (nSPS) is 29.5. The topological polar surface area (TPSA) is 94.7 Å². The minimum Gasteiger partial charge on any atom is -0.378 e. The highest BCUT2D eigenvalue weighted by molar-refractivity contribution is 5.94. The Kier molecular flexibility index (Phi) is 4.90. The van der Waals surface area contributed by atoms with Crippen molar-refractivity contribution in [2.45, 2.75) is 32.2 Å². The van der Waals surface area contributed by atoms with Gasteiger partial charge in [-0.05, 0) is 39.8 Å². The van der Waals surface area contributed by atoms with Crippen molar-refractivity contribution < 1.29 is 14.3 Å². The van der Waals surface area contributed by atoms with Crippen molar-refractivity contribution in [1.29, 1.82) is 0 Å². The standard InChI is InChI=1S/C18H28N6O3/c1-13-15(20-21-19-13)16(25)24-6-3-4-18(5-7-22(2)12-14(18)24)17(26)23-8-10-27-11-9-23/h14H,3-12H2,1-2H3,(H,19,20,21)/t14-,18+/m0/s1. The fraction of sp³-hybridized carbons (Fsp3) is 0.778. The average Bonchev–Trinajstić information content (AvgIpc) is 3.13. The maximum absolute atomic E-state index is 13.6. The Morgan fingerprint density at radius 3 is 2.63 bits per heavy atom. The lowest BCUT2D eigenvalue weighted by Gasteiger charge is -2.54. The zero-order valence-corrected chi connectivity index (χ0v) is 16.1. The lowest BCUT2D eigenvalue weighted by Crippen LogP contribution is -2.67. The number of aromatic amines is 1. The third kappa shape index (κ3) is 3.12. The van der Waals surface area contributed by atoms with Gasteiger partial charge in [0, 0.05) is 26.2 Å². The quantitative estimate of drug-likeness (QED) is 0.775. The Hall–Kier alpha value is -2.00. The SMILES string of the molecule is Cc1n[nH]nc1C(=O)N1CCC[C@@]2(C(=O)N3CCOCC3)CCN(C)C[C@H]12. The van der Waals surface area contributed by atoms with Gasteiger partial charge in [-0.1, -0.05) is 0 Å². The number of morpholine rings is 1. The second-order valence-corrected chi connectivity index (χ2v) is 7.95. The number of fused-ring (bicyclic) bond motifs is 1. The van der Waals surface area contributed by atoms with Crippen LogP contribution in [0.3, 0.4) is 0 Å². The second-order valence-electron chi connectivity index (χ2n) is 7.95. The van der Waals surface area contributed by atoms with Crippen molar-refractivity contribution in [3.05, 3.63) is 11.4 Å². The number of rotatable bonds is 2. The number of nitrogens with one attached hydrogen (secondary N) is 1. The Bertz CT molecular complexity index is 716. The highest BCUT2D eigenvalue weighted by atomic mass is 16.5. The van der Waals surface area contributed by atoms with Gasteiger partial charge < -0.3 is 19.4 Å². The van der Waals surface area contributed by atoms with Gasteiger partial charge in [-0.3, -0.25) is 9.59 Å². The first-order valence-corrected chi connectivity index (χ1v) is 9.77. The van der Waals surface area contributed by atoms with E-state index in [1.165, 1.54) is 0 Å². The van der Waals surface area contributed by atoms with E-state index < -0.39 is 5.41 Å². The maximum atomic E-state index is 13.6. The summed E-state index contributed by atoms with van der Waals surface area (Å²) in [5.41, 5.74) is 0.452. The maximum Gasteiger partial charge on any atom is 0.276 e. The van der Waals surface area contributed by atoms with Crippen LogP contribution in [0, 0.1) is 12.3 Å². The van der Waals surface area contributed by atoms with E-state index >= 15 is 0 Å². The third-order valence-corrected chi connectivity index (χ3v) is 6.37. The fourth-order valence-corrected chi connectivity index (χ4v) is 4.83. The largest absolute Gasteiger partial charge is 0.378 e. The van der Waals surface area contributed by atoms with Crippen LogP contribution in [0.2, 0.25) is 0 Å². The summed E-state index contributed by atoms with van der Waals surface area (Å²) in [6.07, 6.45) is 2.45. The molecular weight excluding hydrogens is 348 g/mol. The summed E-state index contributed by atoms with van der Waals surface area (Å²) in [5.74, 6) is 0.0682. The van der Waals surface area contributed by atoms with Gasteiger partial charge in [0.2, 0.25) is 5.91 Å². The Morgan fingerprint density at radius 2 is 1.93 bits per heavy atom. The zero-order chi connectivity index (χ0) is 19.0. The smallest absolute Gasteiger partial charge is 0.276 e. The van der Waals surface area contributed by atoms with E-state index in [0.717, 1.165) is 25.8 Å². The fourth-order valence-electron chi connectivity index (χ4n) is 4.83. The number of amides is 2. The first-order chi connectivity index (χ1) is 13.0. The molecule has 3 aliphatic rings. The zero-order valence-electron chi connectivity index (χ0n) is 16.1. The van der Waals surface area contributed by atoms with E-state index in [1.54, 1.807) is 6.92 Å². The molecule has 0 bridgehead atoms.